The van der Waals surface area contributed by atoms with E-state index in [1.54, 1.807) is 18.2 Å². The van der Waals surface area contributed by atoms with Crippen LogP contribution in [0, 0.1) is 0 Å². The molecular weight excluding hydrogens is 311 g/mol. The zero-order valence-corrected chi connectivity index (χ0v) is 11.7. The highest BCUT2D eigenvalue weighted by Gasteiger charge is 2.31. The fourth-order valence-electron chi connectivity index (χ4n) is 2.02. The molecule has 2 aromatic rings. The van der Waals surface area contributed by atoms with Crippen molar-refractivity contribution < 1.29 is 27.5 Å². The maximum Gasteiger partial charge on any atom is 0.573 e. The highest BCUT2D eigenvalue weighted by atomic mass is 19.4. The van der Waals surface area contributed by atoms with E-state index in [0.717, 1.165) is 0 Å². The van der Waals surface area contributed by atoms with Crippen molar-refractivity contribution >= 4 is 0 Å². The quantitative estimate of drug-likeness (QED) is 0.920. The van der Waals surface area contributed by atoms with Gasteiger partial charge in [-0.05, 0) is 29.8 Å². The molecule has 0 aromatic heterocycles. The molecule has 2 aromatic carbocycles. The minimum atomic E-state index is -4.70. The topological polar surface area (TPSA) is 39.7 Å². The number of ether oxygens (including phenoxy) is 2. The molecule has 0 bridgehead atoms. The van der Waals surface area contributed by atoms with Crippen LogP contribution < -0.4 is 15.0 Å². The summed E-state index contributed by atoms with van der Waals surface area (Å²) in [6.07, 6.45) is -3.48. The molecule has 1 aliphatic rings. The zero-order valence-electron chi connectivity index (χ0n) is 11.7. The summed E-state index contributed by atoms with van der Waals surface area (Å²) in [5.41, 5.74) is 3.30. The van der Waals surface area contributed by atoms with Crippen LogP contribution in [0.4, 0.5) is 13.2 Å². The third-order valence-corrected chi connectivity index (χ3v) is 3.00. The van der Waals surface area contributed by atoms with Gasteiger partial charge in [0.25, 0.3) is 0 Å². The van der Waals surface area contributed by atoms with Crippen LogP contribution in [0.2, 0.25) is 0 Å². The number of alkyl halides is 3. The third-order valence-electron chi connectivity index (χ3n) is 3.00. The molecule has 0 amide bonds. The molecule has 4 nitrogen and oxygen atoms in total. The molecule has 23 heavy (non-hydrogen) atoms. The molecule has 0 saturated carbocycles. The van der Waals surface area contributed by atoms with Crippen molar-refractivity contribution in [2.45, 2.75) is 12.5 Å². The molecule has 1 aliphatic heterocycles. The molecule has 0 unspecified atom stereocenters. The number of hydroxylamine groups is 1. The summed E-state index contributed by atoms with van der Waals surface area (Å²) in [7, 11) is 0. The van der Waals surface area contributed by atoms with Gasteiger partial charge in [0.05, 0.1) is 0 Å². The largest absolute Gasteiger partial charge is 0.573 e. The van der Waals surface area contributed by atoms with E-state index in [1.807, 2.05) is 18.2 Å². The number of hydrogen-bond acceptors (Lipinski definition) is 4. The summed E-state index contributed by atoms with van der Waals surface area (Å²) in [5, 5.41) is 0. The lowest BCUT2D eigenvalue weighted by molar-refractivity contribution is -0.274. The Balaban J connectivity index is 1.66. The lowest BCUT2D eigenvalue weighted by Gasteiger charge is -2.11. The lowest BCUT2D eigenvalue weighted by Crippen LogP contribution is -2.17. The summed E-state index contributed by atoms with van der Waals surface area (Å²) in [6, 6.07) is 14.6. The molecule has 0 saturated heterocycles. The lowest BCUT2D eigenvalue weighted by atomic mass is 10.1. The molecule has 3 rings (SSSR count). The maximum absolute atomic E-state index is 12.1. The van der Waals surface area contributed by atoms with E-state index in [2.05, 4.69) is 10.2 Å². The van der Waals surface area contributed by atoms with Gasteiger partial charge in [0.1, 0.15) is 17.6 Å². The first-order valence-corrected chi connectivity index (χ1v) is 6.72. The first-order valence-electron chi connectivity index (χ1n) is 6.72. The van der Waals surface area contributed by atoms with Crippen LogP contribution in [-0.4, -0.2) is 6.36 Å². The molecule has 0 fully saturated rings. The number of benzene rings is 2. The van der Waals surface area contributed by atoms with Crippen molar-refractivity contribution in [2.75, 3.05) is 0 Å². The molecule has 0 aliphatic carbocycles. The first kappa shape index (κ1) is 15.2. The zero-order chi connectivity index (χ0) is 16.3. The van der Waals surface area contributed by atoms with Gasteiger partial charge in [0.15, 0.2) is 0 Å². The van der Waals surface area contributed by atoms with E-state index in [9.17, 15) is 13.2 Å². The van der Waals surface area contributed by atoms with E-state index >= 15 is 0 Å². The van der Waals surface area contributed by atoms with E-state index in [4.69, 9.17) is 9.57 Å². The summed E-state index contributed by atoms with van der Waals surface area (Å²) in [6.45, 7) is 0. The van der Waals surface area contributed by atoms with Gasteiger partial charge in [-0.1, -0.05) is 30.3 Å². The molecule has 1 N–H and O–H groups in total. The van der Waals surface area contributed by atoms with Crippen molar-refractivity contribution in [3.63, 3.8) is 0 Å². The number of hydrogen-bond donors (Lipinski definition) is 1. The Labute approximate surface area is 130 Å². The van der Waals surface area contributed by atoms with Crippen LogP contribution in [0.25, 0.3) is 0 Å². The summed E-state index contributed by atoms with van der Waals surface area (Å²) >= 11 is 0. The van der Waals surface area contributed by atoms with Crippen LogP contribution in [0.15, 0.2) is 66.6 Å². The highest BCUT2D eigenvalue weighted by Crippen LogP contribution is 2.28. The van der Waals surface area contributed by atoms with Crippen LogP contribution in [-0.2, 0) is 4.84 Å². The van der Waals surface area contributed by atoms with Crippen LogP contribution >= 0.6 is 0 Å². The van der Waals surface area contributed by atoms with Gasteiger partial charge in [0, 0.05) is 6.08 Å². The second-order valence-electron chi connectivity index (χ2n) is 4.70. The fraction of sp³-hybridized carbons (Fsp3) is 0.125. The van der Waals surface area contributed by atoms with E-state index in [-0.39, 0.29) is 5.75 Å². The first-order chi connectivity index (χ1) is 11.0. The van der Waals surface area contributed by atoms with Crippen LogP contribution in [0.5, 0.6) is 11.5 Å². The van der Waals surface area contributed by atoms with Gasteiger partial charge in [-0.15, -0.1) is 13.2 Å². The Bertz CT molecular complexity index is 684. The summed E-state index contributed by atoms with van der Waals surface area (Å²) in [4.78, 5) is 5.33. The second kappa shape index (κ2) is 6.21. The van der Waals surface area contributed by atoms with Crippen LogP contribution in [0.1, 0.15) is 11.7 Å². The average molecular weight is 323 g/mol. The molecule has 0 radical (unpaired) electrons. The Hall–Kier alpha value is -2.67. The van der Waals surface area contributed by atoms with E-state index < -0.39 is 12.5 Å². The normalized spacial score (nSPS) is 17.3. The Morgan fingerprint density at radius 1 is 0.913 bits per heavy atom. The molecule has 1 heterocycles. The monoisotopic (exact) mass is 323 g/mol. The number of halogens is 3. The van der Waals surface area contributed by atoms with Crippen molar-refractivity contribution in [3.8, 4) is 11.5 Å². The molecular formula is C16H12F3NO3. The Morgan fingerprint density at radius 2 is 1.61 bits per heavy atom. The maximum atomic E-state index is 12.1. The molecule has 7 heteroatoms. The molecule has 1 atom stereocenters. The fourth-order valence-corrected chi connectivity index (χ4v) is 2.02. The number of para-hydroxylation sites is 1. The minimum absolute atomic E-state index is 0.281. The van der Waals surface area contributed by atoms with E-state index in [0.29, 0.717) is 17.2 Å². The molecule has 120 valence electrons. The Kier molecular flexibility index (Phi) is 4.12. The number of nitrogens with one attached hydrogen (secondary N) is 1. The Morgan fingerprint density at radius 3 is 2.26 bits per heavy atom. The standard InChI is InChI=1S/C16H12F3NO3/c17-16(18,19)22-13-8-6-11(7-9-13)14-10-15(20-23-14)21-12-4-2-1-3-5-12/h1-10,14,20H/t14-/m0/s1. The summed E-state index contributed by atoms with van der Waals surface area (Å²) < 4.78 is 45.7. The third kappa shape index (κ3) is 4.17. The van der Waals surface area contributed by atoms with Gasteiger partial charge >= 0.3 is 6.36 Å². The van der Waals surface area contributed by atoms with Crippen molar-refractivity contribution in [1.29, 1.82) is 0 Å². The van der Waals surface area contributed by atoms with Crippen molar-refractivity contribution in [2.24, 2.45) is 0 Å². The van der Waals surface area contributed by atoms with Gasteiger partial charge in [-0.25, -0.2) is 5.48 Å². The predicted octanol–water partition coefficient (Wildman–Crippen LogP) is 4.08. The SMILES string of the molecule is FC(F)(F)Oc1ccc([C@@H]2C=C(Oc3ccccc3)NO2)cc1. The van der Waals surface area contributed by atoms with Gasteiger partial charge < -0.3 is 9.47 Å². The second-order valence-corrected chi connectivity index (χ2v) is 4.70. The molecule has 0 spiro atoms. The average Bonchev–Trinajstić information content (AvgIpc) is 2.96. The predicted molar refractivity (Wildman–Crippen MR) is 75.2 cm³/mol. The van der Waals surface area contributed by atoms with Gasteiger partial charge in [-0.2, -0.15) is 0 Å². The summed E-state index contributed by atoms with van der Waals surface area (Å²) in [5.74, 6) is 0.776. The van der Waals surface area contributed by atoms with E-state index in [1.165, 1.54) is 24.3 Å². The van der Waals surface area contributed by atoms with Crippen molar-refractivity contribution in [1.82, 2.24) is 5.48 Å². The minimum Gasteiger partial charge on any atom is -0.439 e. The van der Waals surface area contributed by atoms with Gasteiger partial charge in [-0.3, -0.25) is 4.84 Å². The smallest absolute Gasteiger partial charge is 0.439 e. The van der Waals surface area contributed by atoms with Gasteiger partial charge in [0.2, 0.25) is 5.88 Å². The van der Waals surface area contributed by atoms with Crippen LogP contribution in [0.3, 0.4) is 0 Å². The highest BCUT2D eigenvalue weighted by molar-refractivity contribution is 5.32. The number of rotatable bonds is 4. The van der Waals surface area contributed by atoms with Crippen molar-refractivity contribution in [3.05, 3.63) is 72.1 Å².